The van der Waals surface area contributed by atoms with Crippen LogP contribution in [0.4, 0.5) is 4.39 Å². The lowest BCUT2D eigenvalue weighted by Gasteiger charge is -2.11. The molecule has 0 rings (SSSR count). The summed E-state index contributed by atoms with van der Waals surface area (Å²) in [5.74, 6) is 0. The first-order valence-electron chi connectivity index (χ1n) is 3.16. The summed E-state index contributed by atoms with van der Waals surface area (Å²) in [6.45, 7) is 4.76. The summed E-state index contributed by atoms with van der Waals surface area (Å²) >= 11 is 0. The molecule has 0 aliphatic carbocycles. The molecule has 0 atom stereocenters. The van der Waals surface area contributed by atoms with Gasteiger partial charge in [-0.25, -0.2) is 4.39 Å². The molecule has 0 aliphatic rings. The standard InChI is InChI=1S/C7H14FN/c1-3-4-6-9(2)7-5-8/h3H,1,4-7H2,2H3. The van der Waals surface area contributed by atoms with Gasteiger partial charge in [0.25, 0.3) is 0 Å². The van der Waals surface area contributed by atoms with Crippen molar-refractivity contribution in [1.82, 2.24) is 4.90 Å². The Kier molecular flexibility index (Phi) is 5.52. The summed E-state index contributed by atoms with van der Waals surface area (Å²) in [7, 11) is 1.91. The number of hydrogen-bond donors (Lipinski definition) is 0. The first kappa shape index (κ1) is 8.63. The van der Waals surface area contributed by atoms with E-state index in [9.17, 15) is 4.39 Å². The maximum Gasteiger partial charge on any atom is 0.102 e. The zero-order valence-corrected chi connectivity index (χ0v) is 5.94. The fourth-order valence-electron chi connectivity index (χ4n) is 0.568. The summed E-state index contributed by atoms with van der Waals surface area (Å²) in [6, 6.07) is 0. The van der Waals surface area contributed by atoms with E-state index in [1.165, 1.54) is 0 Å². The van der Waals surface area contributed by atoms with E-state index >= 15 is 0 Å². The minimum atomic E-state index is -0.256. The Balaban J connectivity index is 3.04. The molecule has 0 aromatic heterocycles. The molecule has 1 nitrogen and oxygen atoms in total. The van der Waals surface area contributed by atoms with Gasteiger partial charge in [0.15, 0.2) is 0 Å². The van der Waals surface area contributed by atoms with E-state index in [2.05, 4.69) is 6.58 Å². The zero-order valence-electron chi connectivity index (χ0n) is 5.94. The molecule has 0 saturated heterocycles. The average Bonchev–Trinajstić information content (AvgIpc) is 1.85. The fourth-order valence-corrected chi connectivity index (χ4v) is 0.568. The lowest BCUT2D eigenvalue weighted by Crippen LogP contribution is -2.21. The molecule has 0 saturated carbocycles. The molecule has 54 valence electrons. The Morgan fingerprint density at radius 3 is 2.67 bits per heavy atom. The van der Waals surface area contributed by atoms with Gasteiger partial charge in [-0.1, -0.05) is 6.08 Å². The third kappa shape index (κ3) is 5.50. The van der Waals surface area contributed by atoms with Crippen molar-refractivity contribution in [1.29, 1.82) is 0 Å². The van der Waals surface area contributed by atoms with E-state index in [1.54, 1.807) is 0 Å². The van der Waals surface area contributed by atoms with Gasteiger partial charge in [-0.2, -0.15) is 0 Å². The molecule has 0 bridgehead atoms. The van der Waals surface area contributed by atoms with Crippen molar-refractivity contribution in [3.63, 3.8) is 0 Å². The normalized spacial score (nSPS) is 10.1. The minimum Gasteiger partial charge on any atom is -0.303 e. The highest BCUT2D eigenvalue weighted by Crippen LogP contribution is 1.86. The van der Waals surface area contributed by atoms with Crippen LogP contribution in [0.2, 0.25) is 0 Å². The minimum absolute atomic E-state index is 0.256. The van der Waals surface area contributed by atoms with Crippen LogP contribution in [-0.2, 0) is 0 Å². The van der Waals surface area contributed by atoms with E-state index in [4.69, 9.17) is 0 Å². The number of alkyl halides is 1. The first-order chi connectivity index (χ1) is 4.31. The quantitative estimate of drug-likeness (QED) is 0.511. The van der Waals surface area contributed by atoms with E-state index < -0.39 is 0 Å². The number of nitrogens with zero attached hydrogens (tertiary/aromatic N) is 1. The van der Waals surface area contributed by atoms with E-state index in [1.807, 2.05) is 18.0 Å². The van der Waals surface area contributed by atoms with Gasteiger partial charge >= 0.3 is 0 Å². The Hall–Kier alpha value is -0.370. The monoisotopic (exact) mass is 131 g/mol. The van der Waals surface area contributed by atoms with E-state index in [0.717, 1.165) is 13.0 Å². The summed E-state index contributed by atoms with van der Waals surface area (Å²) in [5.41, 5.74) is 0. The second kappa shape index (κ2) is 5.76. The van der Waals surface area contributed by atoms with Gasteiger partial charge in [0.05, 0.1) is 0 Å². The van der Waals surface area contributed by atoms with E-state index in [-0.39, 0.29) is 6.67 Å². The Labute approximate surface area is 56.2 Å². The highest BCUT2D eigenvalue weighted by molar-refractivity contribution is 4.67. The van der Waals surface area contributed by atoms with Crippen LogP contribution in [0.5, 0.6) is 0 Å². The van der Waals surface area contributed by atoms with Crippen molar-refractivity contribution in [2.45, 2.75) is 6.42 Å². The lowest BCUT2D eigenvalue weighted by molar-refractivity contribution is 0.300. The van der Waals surface area contributed by atoms with Crippen molar-refractivity contribution in [3.8, 4) is 0 Å². The van der Waals surface area contributed by atoms with Gasteiger partial charge in [-0.15, -0.1) is 6.58 Å². The van der Waals surface area contributed by atoms with E-state index in [0.29, 0.717) is 6.54 Å². The molecule has 9 heavy (non-hydrogen) atoms. The van der Waals surface area contributed by atoms with Crippen LogP contribution in [0.25, 0.3) is 0 Å². The van der Waals surface area contributed by atoms with Crippen LogP contribution in [-0.4, -0.2) is 31.7 Å². The molecule has 0 aromatic rings. The molecule has 2 heteroatoms. The maximum absolute atomic E-state index is 11.6. The fraction of sp³-hybridized carbons (Fsp3) is 0.714. The van der Waals surface area contributed by atoms with Gasteiger partial charge in [0, 0.05) is 13.1 Å². The second-order valence-electron chi connectivity index (χ2n) is 2.07. The summed E-state index contributed by atoms with van der Waals surface area (Å²) in [4.78, 5) is 1.95. The molecule has 0 radical (unpaired) electrons. The number of halogens is 1. The topological polar surface area (TPSA) is 3.24 Å². The SMILES string of the molecule is C=CCCN(C)CCF. The van der Waals surface area contributed by atoms with Crippen molar-refractivity contribution >= 4 is 0 Å². The molecule has 0 amide bonds. The highest BCUT2D eigenvalue weighted by atomic mass is 19.1. The molecule has 0 aromatic carbocycles. The van der Waals surface area contributed by atoms with Crippen LogP contribution in [0.15, 0.2) is 12.7 Å². The van der Waals surface area contributed by atoms with Crippen molar-refractivity contribution in [2.24, 2.45) is 0 Å². The largest absolute Gasteiger partial charge is 0.303 e. The Bertz CT molecular complexity index is 73.3. The molecular weight excluding hydrogens is 117 g/mol. The summed E-state index contributed by atoms with van der Waals surface area (Å²) < 4.78 is 11.6. The van der Waals surface area contributed by atoms with Crippen LogP contribution in [0, 0.1) is 0 Å². The summed E-state index contributed by atoms with van der Waals surface area (Å²) in [6.07, 6.45) is 2.78. The van der Waals surface area contributed by atoms with Crippen LogP contribution >= 0.6 is 0 Å². The van der Waals surface area contributed by atoms with Crippen molar-refractivity contribution in [2.75, 3.05) is 26.8 Å². The van der Waals surface area contributed by atoms with Gasteiger partial charge < -0.3 is 4.90 Å². The van der Waals surface area contributed by atoms with Gasteiger partial charge in [0.1, 0.15) is 6.67 Å². The number of rotatable bonds is 5. The van der Waals surface area contributed by atoms with Crippen molar-refractivity contribution in [3.05, 3.63) is 12.7 Å². The highest BCUT2D eigenvalue weighted by Gasteiger charge is 1.92. The lowest BCUT2D eigenvalue weighted by atomic mass is 10.4. The third-order valence-electron chi connectivity index (χ3n) is 1.18. The predicted molar refractivity (Wildman–Crippen MR) is 38.3 cm³/mol. The molecule has 0 spiro atoms. The molecule has 0 heterocycles. The third-order valence-corrected chi connectivity index (χ3v) is 1.18. The van der Waals surface area contributed by atoms with Gasteiger partial charge in [-0.05, 0) is 13.5 Å². The molecular formula is C7H14FN. The molecule has 0 aliphatic heterocycles. The second-order valence-corrected chi connectivity index (χ2v) is 2.07. The van der Waals surface area contributed by atoms with Crippen LogP contribution in [0.1, 0.15) is 6.42 Å². The zero-order chi connectivity index (χ0) is 7.11. The van der Waals surface area contributed by atoms with Gasteiger partial charge in [-0.3, -0.25) is 0 Å². The van der Waals surface area contributed by atoms with Crippen LogP contribution in [0.3, 0.4) is 0 Å². The molecule has 0 N–H and O–H groups in total. The van der Waals surface area contributed by atoms with Crippen LogP contribution < -0.4 is 0 Å². The average molecular weight is 131 g/mol. The predicted octanol–water partition coefficient (Wildman–Crippen LogP) is 1.46. The maximum atomic E-state index is 11.6. The Morgan fingerprint density at radius 1 is 1.56 bits per heavy atom. The first-order valence-corrected chi connectivity index (χ1v) is 3.16. The molecule has 0 fully saturated rings. The van der Waals surface area contributed by atoms with Crippen molar-refractivity contribution < 1.29 is 4.39 Å². The summed E-state index contributed by atoms with van der Waals surface area (Å²) in [5, 5.41) is 0. The smallest absolute Gasteiger partial charge is 0.102 e. The Morgan fingerprint density at radius 2 is 2.22 bits per heavy atom. The molecule has 0 unspecified atom stereocenters. The number of hydrogen-bond acceptors (Lipinski definition) is 1. The van der Waals surface area contributed by atoms with Gasteiger partial charge in [0.2, 0.25) is 0 Å².